The Hall–Kier alpha value is -5.23. The van der Waals surface area contributed by atoms with Crippen molar-refractivity contribution in [2.24, 2.45) is 28.4 Å². The zero-order valence-corrected chi connectivity index (χ0v) is 34.6. The minimum atomic E-state index is -2.44. The number of aromatic nitrogens is 1. The number of hydrogen-bond donors (Lipinski definition) is 5. The maximum Gasteiger partial charge on any atom is 0.332 e. The molecule has 0 spiro atoms. The summed E-state index contributed by atoms with van der Waals surface area (Å²) in [5, 5.41) is 39.3. The summed E-state index contributed by atoms with van der Waals surface area (Å²) in [4.78, 5) is 67.5. The number of carbonyl (C=O) groups is 5. The van der Waals surface area contributed by atoms with Crippen LogP contribution in [0.5, 0.6) is 0 Å². The SMILES string of the molecule is C[C@]12C=CC(=O)C=C1CC[C@H]1[C@@H]3C[C@@H](O)[C@](O)(C(=O)COC(=O)COCCOCC(=O)OCc4ccc([C@@H](CN)C(=O)Nc5ccc6cnccc6c5)cc4)[C@@]3(C)C[C@H](O)[C@@]12F. The van der Waals surface area contributed by atoms with Gasteiger partial charge in [-0.25, -0.2) is 14.0 Å². The molecule has 3 aromatic rings. The van der Waals surface area contributed by atoms with Crippen LogP contribution in [0.2, 0.25) is 0 Å². The number of nitrogens with zero attached hydrogens (tertiary/aromatic N) is 1. The molecule has 1 aromatic heterocycles. The maximum absolute atomic E-state index is 17.3. The fourth-order valence-corrected chi connectivity index (χ4v) is 10.3. The molecule has 7 rings (SSSR count). The first-order valence-electron chi connectivity index (χ1n) is 20.7. The summed E-state index contributed by atoms with van der Waals surface area (Å²) in [6.07, 6.45) is 4.53. The molecule has 0 unspecified atom stereocenters. The third-order valence-corrected chi connectivity index (χ3v) is 13.7. The molecule has 1 amide bonds. The van der Waals surface area contributed by atoms with Crippen molar-refractivity contribution in [2.75, 3.05) is 44.9 Å². The van der Waals surface area contributed by atoms with Gasteiger partial charge in [-0.05, 0) is 85.4 Å². The number of aliphatic hydroxyl groups excluding tert-OH is 2. The van der Waals surface area contributed by atoms with Crippen molar-refractivity contribution in [3.63, 3.8) is 0 Å². The predicted molar refractivity (Wildman–Crippen MR) is 221 cm³/mol. The molecule has 15 nitrogen and oxygen atoms in total. The Labute approximate surface area is 357 Å². The molecule has 0 bridgehead atoms. The summed E-state index contributed by atoms with van der Waals surface area (Å²) in [7, 11) is 0. The van der Waals surface area contributed by atoms with Crippen molar-refractivity contribution in [3.8, 4) is 0 Å². The highest BCUT2D eigenvalue weighted by molar-refractivity contribution is 6.01. The number of benzene rings is 2. The van der Waals surface area contributed by atoms with Crippen molar-refractivity contribution >= 4 is 45.9 Å². The van der Waals surface area contributed by atoms with Crippen LogP contribution >= 0.6 is 0 Å². The number of fused-ring (bicyclic) bond motifs is 6. The van der Waals surface area contributed by atoms with Gasteiger partial charge in [-0.3, -0.25) is 19.4 Å². The number of pyridine rings is 1. The van der Waals surface area contributed by atoms with E-state index in [0.717, 1.165) is 10.8 Å². The lowest BCUT2D eigenvalue weighted by molar-refractivity contribution is -0.222. The normalized spacial score (nSPS) is 30.4. The van der Waals surface area contributed by atoms with Crippen LogP contribution in [0, 0.1) is 22.7 Å². The Morgan fingerprint density at radius 2 is 1.65 bits per heavy atom. The van der Waals surface area contributed by atoms with Gasteiger partial charge in [0.25, 0.3) is 0 Å². The Morgan fingerprint density at radius 1 is 0.935 bits per heavy atom. The fourth-order valence-electron chi connectivity index (χ4n) is 10.3. The van der Waals surface area contributed by atoms with Crippen LogP contribution in [0.1, 0.15) is 56.6 Å². The highest BCUT2D eigenvalue weighted by Gasteiger charge is 2.76. The Kier molecular flexibility index (Phi) is 12.9. The molecule has 1 heterocycles. The summed E-state index contributed by atoms with van der Waals surface area (Å²) in [6, 6.07) is 14.4. The summed E-state index contributed by atoms with van der Waals surface area (Å²) in [5.74, 6) is -5.24. The van der Waals surface area contributed by atoms with Crippen LogP contribution < -0.4 is 11.1 Å². The van der Waals surface area contributed by atoms with Gasteiger partial charge in [0.1, 0.15) is 19.8 Å². The topological polar surface area (TPSA) is 234 Å². The molecule has 3 saturated carbocycles. The number of ether oxygens (including phenoxy) is 4. The first-order chi connectivity index (χ1) is 29.5. The van der Waals surface area contributed by atoms with Gasteiger partial charge < -0.3 is 45.3 Å². The van der Waals surface area contributed by atoms with Gasteiger partial charge in [0.15, 0.2) is 23.7 Å². The minimum absolute atomic E-state index is 0.0443. The number of esters is 2. The Morgan fingerprint density at radius 3 is 2.35 bits per heavy atom. The van der Waals surface area contributed by atoms with E-state index < -0.39 is 89.6 Å². The number of Topliss-reactive ketones (excluding diaryl/α,β-unsaturated/α-hetero) is 1. The number of hydrogen-bond acceptors (Lipinski definition) is 14. The summed E-state index contributed by atoms with van der Waals surface area (Å²) in [5.41, 5.74) is 1.16. The van der Waals surface area contributed by atoms with Crippen molar-refractivity contribution < 1.29 is 62.6 Å². The van der Waals surface area contributed by atoms with Gasteiger partial charge in [-0.2, -0.15) is 0 Å². The summed E-state index contributed by atoms with van der Waals surface area (Å²) in [6.45, 7) is 1.16. The van der Waals surface area contributed by atoms with Crippen LogP contribution in [0.25, 0.3) is 10.8 Å². The van der Waals surface area contributed by atoms with Crippen molar-refractivity contribution in [1.82, 2.24) is 4.98 Å². The molecule has 62 heavy (non-hydrogen) atoms. The molecule has 4 aliphatic carbocycles. The number of carbonyl (C=O) groups excluding carboxylic acids is 5. The highest BCUT2D eigenvalue weighted by atomic mass is 19.1. The lowest BCUT2D eigenvalue weighted by atomic mass is 9.44. The molecular formula is C46H52FN3O12. The zero-order chi connectivity index (χ0) is 44.5. The maximum atomic E-state index is 17.3. The highest BCUT2D eigenvalue weighted by Crippen LogP contribution is 2.69. The molecule has 6 N–H and O–H groups in total. The first kappa shape index (κ1) is 44.8. The van der Waals surface area contributed by atoms with Crippen LogP contribution in [0.3, 0.4) is 0 Å². The molecule has 330 valence electrons. The van der Waals surface area contributed by atoms with Gasteiger partial charge in [0.05, 0.1) is 31.3 Å². The van der Waals surface area contributed by atoms with Gasteiger partial charge >= 0.3 is 11.9 Å². The average Bonchev–Trinajstić information content (AvgIpc) is 3.45. The zero-order valence-electron chi connectivity index (χ0n) is 34.6. The number of ketones is 2. The number of allylic oxidation sites excluding steroid dienone is 4. The molecule has 0 radical (unpaired) electrons. The van der Waals surface area contributed by atoms with Crippen LogP contribution in [0.15, 0.2) is 84.7 Å². The van der Waals surface area contributed by atoms with Crippen LogP contribution in [-0.4, -0.2) is 113 Å². The number of nitrogens with two attached hydrogens (primary N) is 1. The molecule has 0 aliphatic heterocycles. The summed E-state index contributed by atoms with van der Waals surface area (Å²) >= 11 is 0. The largest absolute Gasteiger partial charge is 0.459 e. The van der Waals surface area contributed by atoms with Crippen LogP contribution in [-0.2, 0) is 49.5 Å². The molecule has 16 heteroatoms. The fraction of sp³-hybridized carbons (Fsp3) is 0.478. The van der Waals surface area contributed by atoms with E-state index in [1.54, 1.807) is 56.6 Å². The van der Waals surface area contributed by atoms with E-state index >= 15 is 4.39 Å². The number of rotatable bonds is 16. The van der Waals surface area contributed by atoms with E-state index in [1.165, 1.54) is 18.2 Å². The minimum Gasteiger partial charge on any atom is -0.459 e. The van der Waals surface area contributed by atoms with Crippen molar-refractivity contribution in [3.05, 3.63) is 95.9 Å². The number of halogens is 1. The Bertz CT molecular complexity index is 2290. The van der Waals surface area contributed by atoms with E-state index in [4.69, 9.17) is 24.7 Å². The molecule has 0 saturated heterocycles. The second-order valence-corrected chi connectivity index (χ2v) is 17.1. The quantitative estimate of drug-likeness (QED) is 0.103. The standard InChI is InChI=1S/C46H52FN3O12/c1-43-13-11-33(51)18-31(43)8-10-35-36-19-37(52)46(58,44(36,2)20-38(53)45(35,43)47)39(54)24-62-41(56)26-60-16-15-59-25-40(55)61-23-27-3-5-28(6-4-27)34(21-48)42(57)50-32-9-7-30-22-49-14-12-29(30)17-32/h3-7,9,11-14,17-18,22,34-38,52-53,58H,8,10,15-16,19-21,23-26,48H2,1-2H3,(H,50,57)/t34-,35+,36+,37-,38+,43+,44+,45+,46+/m1/s1. The smallest absolute Gasteiger partial charge is 0.332 e. The van der Waals surface area contributed by atoms with Crippen LogP contribution in [0.4, 0.5) is 10.1 Å². The van der Waals surface area contributed by atoms with Gasteiger partial charge in [0, 0.05) is 46.8 Å². The van der Waals surface area contributed by atoms with E-state index in [9.17, 15) is 39.3 Å². The third kappa shape index (κ3) is 8.11. The number of aliphatic hydroxyl groups is 3. The van der Waals surface area contributed by atoms with E-state index in [2.05, 4.69) is 10.3 Å². The Balaban J connectivity index is 0.804. The van der Waals surface area contributed by atoms with Crippen molar-refractivity contribution in [1.29, 1.82) is 0 Å². The number of amides is 1. The second-order valence-electron chi connectivity index (χ2n) is 17.1. The lowest BCUT2D eigenvalue weighted by Gasteiger charge is -2.62. The van der Waals surface area contributed by atoms with Gasteiger partial charge in [0.2, 0.25) is 11.7 Å². The summed E-state index contributed by atoms with van der Waals surface area (Å²) < 4.78 is 38.2. The van der Waals surface area contributed by atoms with E-state index in [1.807, 2.05) is 18.2 Å². The molecule has 3 fully saturated rings. The van der Waals surface area contributed by atoms with Gasteiger partial charge in [-0.1, -0.05) is 48.9 Å². The van der Waals surface area contributed by atoms with E-state index in [0.29, 0.717) is 28.8 Å². The molecular weight excluding hydrogens is 806 g/mol. The van der Waals surface area contributed by atoms with Crippen molar-refractivity contribution in [2.45, 2.75) is 75.5 Å². The molecule has 4 aliphatic rings. The van der Waals surface area contributed by atoms with E-state index in [-0.39, 0.29) is 57.3 Å². The molecule has 9 atom stereocenters. The van der Waals surface area contributed by atoms with Gasteiger partial charge in [-0.15, -0.1) is 0 Å². The third-order valence-electron chi connectivity index (χ3n) is 13.7. The monoisotopic (exact) mass is 857 g/mol. The first-order valence-corrected chi connectivity index (χ1v) is 20.7. The number of anilines is 1. The predicted octanol–water partition coefficient (Wildman–Crippen LogP) is 3.18. The number of nitrogens with one attached hydrogen (secondary N) is 1. The lowest BCUT2D eigenvalue weighted by Crippen LogP contribution is -2.69. The average molecular weight is 858 g/mol. The second kappa shape index (κ2) is 17.9. The number of alkyl halides is 1. The molecule has 2 aromatic carbocycles.